The molecule has 0 bridgehead atoms. The molecular formula is C6H6O3S. The minimum atomic E-state index is -0.118. The molecule has 1 rings (SSSR count). The maximum absolute atomic E-state index is 8.95. The van der Waals surface area contributed by atoms with E-state index in [0.29, 0.717) is 16.9 Å². The zero-order chi connectivity index (χ0) is 7.56. The second kappa shape index (κ2) is 2.81. The number of hydrogen-bond donors (Lipinski definition) is 3. The third-order valence-electron chi connectivity index (χ3n) is 1.04. The van der Waals surface area contributed by atoms with E-state index < -0.39 is 0 Å². The summed E-state index contributed by atoms with van der Waals surface area (Å²) in [6.07, 6.45) is 0. The van der Waals surface area contributed by atoms with Crippen LogP contribution in [0.1, 0.15) is 0 Å². The highest BCUT2D eigenvalue weighted by molar-refractivity contribution is 7.93. The molecule has 0 atom stereocenters. The van der Waals surface area contributed by atoms with Gasteiger partial charge in [-0.05, 0) is 12.1 Å². The van der Waals surface area contributed by atoms with Crippen LogP contribution < -0.4 is 0 Å². The lowest BCUT2D eigenvalue weighted by Gasteiger charge is -1.98. The van der Waals surface area contributed by atoms with E-state index in [-0.39, 0.29) is 11.5 Å². The Morgan fingerprint density at radius 1 is 1.20 bits per heavy atom. The Bertz CT molecular complexity index is 236. The monoisotopic (exact) mass is 158 g/mol. The first-order chi connectivity index (χ1) is 4.74. The van der Waals surface area contributed by atoms with Gasteiger partial charge in [-0.2, -0.15) is 0 Å². The summed E-state index contributed by atoms with van der Waals surface area (Å²) in [7, 11) is 0. The summed E-state index contributed by atoms with van der Waals surface area (Å²) in [5.74, 6) is -0.136. The molecule has 0 aliphatic carbocycles. The highest BCUT2D eigenvalue weighted by Gasteiger charge is 1.99. The predicted molar refractivity (Wildman–Crippen MR) is 38.3 cm³/mol. The molecule has 54 valence electrons. The fraction of sp³-hybridized carbons (Fsp3) is 0. The zero-order valence-corrected chi connectivity index (χ0v) is 5.80. The molecule has 0 fully saturated rings. The summed E-state index contributed by atoms with van der Waals surface area (Å²) in [6, 6.07) is 3.98. The van der Waals surface area contributed by atoms with Crippen molar-refractivity contribution in [3.05, 3.63) is 18.2 Å². The molecule has 0 amide bonds. The summed E-state index contributed by atoms with van der Waals surface area (Å²) >= 11 is 0.443. The number of rotatable bonds is 1. The van der Waals surface area contributed by atoms with Gasteiger partial charge in [0.1, 0.15) is 11.5 Å². The van der Waals surface area contributed by atoms with Crippen molar-refractivity contribution in [2.24, 2.45) is 0 Å². The number of benzene rings is 1. The van der Waals surface area contributed by atoms with E-state index in [1.165, 1.54) is 18.2 Å². The quantitative estimate of drug-likeness (QED) is 0.544. The van der Waals surface area contributed by atoms with Crippen molar-refractivity contribution in [1.29, 1.82) is 0 Å². The van der Waals surface area contributed by atoms with Gasteiger partial charge in [-0.25, -0.2) is 0 Å². The molecule has 0 heterocycles. The van der Waals surface area contributed by atoms with Gasteiger partial charge in [0, 0.05) is 18.1 Å². The third-order valence-corrected chi connectivity index (χ3v) is 1.58. The fourth-order valence-corrected chi connectivity index (χ4v) is 0.864. The molecule has 0 aliphatic heterocycles. The molecule has 1 aromatic carbocycles. The molecule has 0 aliphatic rings. The van der Waals surface area contributed by atoms with E-state index in [2.05, 4.69) is 0 Å². The van der Waals surface area contributed by atoms with Crippen LogP contribution >= 0.6 is 12.0 Å². The summed E-state index contributed by atoms with van der Waals surface area (Å²) in [6.45, 7) is 0. The Kier molecular flexibility index (Phi) is 2.03. The highest BCUT2D eigenvalue weighted by Crippen LogP contribution is 2.28. The van der Waals surface area contributed by atoms with E-state index in [4.69, 9.17) is 14.8 Å². The average Bonchev–Trinajstić information content (AvgIpc) is 1.88. The Morgan fingerprint density at radius 2 is 1.90 bits per heavy atom. The lowest BCUT2D eigenvalue weighted by Crippen LogP contribution is -1.71. The average molecular weight is 158 g/mol. The van der Waals surface area contributed by atoms with Crippen molar-refractivity contribution >= 4 is 12.0 Å². The van der Waals surface area contributed by atoms with Crippen molar-refractivity contribution in [1.82, 2.24) is 0 Å². The number of phenols is 2. The smallest absolute Gasteiger partial charge is 0.135 e. The van der Waals surface area contributed by atoms with Gasteiger partial charge in [0.25, 0.3) is 0 Å². The van der Waals surface area contributed by atoms with Crippen LogP contribution in [0.5, 0.6) is 11.5 Å². The molecule has 10 heavy (non-hydrogen) atoms. The first-order valence-corrected chi connectivity index (χ1v) is 3.35. The summed E-state index contributed by atoms with van der Waals surface area (Å²) in [5.41, 5.74) is 0. The van der Waals surface area contributed by atoms with Crippen molar-refractivity contribution in [3.8, 4) is 11.5 Å². The number of phenolic OH excluding ortho intramolecular Hbond substituents is 2. The molecular weight excluding hydrogens is 152 g/mol. The van der Waals surface area contributed by atoms with E-state index in [9.17, 15) is 0 Å². The normalized spacial score (nSPS) is 9.70. The van der Waals surface area contributed by atoms with E-state index in [0.717, 1.165) is 0 Å². The van der Waals surface area contributed by atoms with Crippen molar-refractivity contribution in [2.75, 3.05) is 0 Å². The minimum absolute atomic E-state index is 0.0182. The molecule has 0 aromatic heterocycles. The molecule has 0 unspecified atom stereocenters. The Labute approximate surface area is 62.1 Å². The molecule has 4 heteroatoms. The van der Waals surface area contributed by atoms with Gasteiger partial charge in [-0.15, -0.1) is 0 Å². The molecule has 0 saturated carbocycles. The van der Waals surface area contributed by atoms with E-state index in [1.54, 1.807) is 0 Å². The lowest BCUT2D eigenvalue weighted by atomic mass is 10.3. The predicted octanol–water partition coefficient (Wildman–Crippen LogP) is 1.66. The van der Waals surface area contributed by atoms with E-state index in [1.807, 2.05) is 0 Å². The first kappa shape index (κ1) is 7.24. The van der Waals surface area contributed by atoms with Crippen LogP contribution in [0.4, 0.5) is 0 Å². The van der Waals surface area contributed by atoms with Gasteiger partial charge in [-0.3, -0.25) is 0 Å². The van der Waals surface area contributed by atoms with Crippen LogP contribution in [0.15, 0.2) is 23.1 Å². The Balaban J connectivity index is 3.07. The standard InChI is InChI=1S/C6H6O3S/c7-4-1-2-6(10-9)5(8)3-4/h1-3,7-9H. The largest absolute Gasteiger partial charge is 0.508 e. The minimum Gasteiger partial charge on any atom is -0.508 e. The maximum Gasteiger partial charge on any atom is 0.135 e. The second-order valence-corrected chi connectivity index (χ2v) is 2.37. The maximum atomic E-state index is 8.95. The van der Waals surface area contributed by atoms with Crippen LogP contribution in [0, 0.1) is 0 Å². The van der Waals surface area contributed by atoms with Gasteiger partial charge in [0.05, 0.1) is 4.90 Å². The van der Waals surface area contributed by atoms with Crippen LogP contribution in [-0.2, 0) is 0 Å². The van der Waals surface area contributed by atoms with Crippen LogP contribution in [-0.4, -0.2) is 14.8 Å². The Morgan fingerprint density at radius 3 is 2.40 bits per heavy atom. The van der Waals surface area contributed by atoms with Crippen molar-refractivity contribution in [3.63, 3.8) is 0 Å². The van der Waals surface area contributed by atoms with Gasteiger partial charge >= 0.3 is 0 Å². The van der Waals surface area contributed by atoms with Crippen LogP contribution in [0.25, 0.3) is 0 Å². The van der Waals surface area contributed by atoms with Crippen LogP contribution in [0.3, 0.4) is 0 Å². The highest BCUT2D eigenvalue weighted by atomic mass is 32.2. The first-order valence-electron chi connectivity index (χ1n) is 2.57. The van der Waals surface area contributed by atoms with Gasteiger partial charge in [0.2, 0.25) is 0 Å². The summed E-state index contributed by atoms with van der Waals surface area (Å²) < 4.78 is 8.48. The van der Waals surface area contributed by atoms with Crippen LogP contribution in [0.2, 0.25) is 0 Å². The second-order valence-electron chi connectivity index (χ2n) is 1.74. The Hall–Kier alpha value is -0.870. The van der Waals surface area contributed by atoms with Gasteiger partial charge in [0.15, 0.2) is 0 Å². The molecule has 0 radical (unpaired) electrons. The van der Waals surface area contributed by atoms with Crippen molar-refractivity contribution in [2.45, 2.75) is 4.90 Å². The lowest BCUT2D eigenvalue weighted by molar-refractivity contribution is 0.441. The topological polar surface area (TPSA) is 60.7 Å². The van der Waals surface area contributed by atoms with Crippen molar-refractivity contribution < 1.29 is 14.8 Å². The molecule has 3 nitrogen and oxygen atoms in total. The SMILES string of the molecule is OSc1ccc(O)cc1O. The summed E-state index contributed by atoms with van der Waals surface area (Å²) in [5, 5.41) is 17.7. The number of aromatic hydroxyl groups is 2. The third kappa shape index (κ3) is 1.34. The molecule has 1 aromatic rings. The molecule has 0 saturated heterocycles. The summed E-state index contributed by atoms with van der Waals surface area (Å²) in [4.78, 5) is 0.331. The van der Waals surface area contributed by atoms with Gasteiger partial charge in [-0.1, -0.05) is 0 Å². The van der Waals surface area contributed by atoms with Gasteiger partial charge < -0.3 is 14.8 Å². The molecule has 3 N–H and O–H groups in total. The zero-order valence-electron chi connectivity index (χ0n) is 4.98. The fourth-order valence-electron chi connectivity index (χ4n) is 0.583. The number of hydrogen-bond acceptors (Lipinski definition) is 4. The molecule has 0 spiro atoms. The van der Waals surface area contributed by atoms with E-state index >= 15 is 0 Å².